The van der Waals surface area contributed by atoms with E-state index in [-0.39, 0.29) is 12.2 Å². The van der Waals surface area contributed by atoms with Gasteiger partial charge in [0.05, 0.1) is 17.7 Å². The summed E-state index contributed by atoms with van der Waals surface area (Å²) in [5, 5.41) is 1.02. The van der Waals surface area contributed by atoms with E-state index >= 15 is 0 Å². The molecule has 0 spiro atoms. The number of benzene rings is 2. The third kappa shape index (κ3) is 6.29. The van der Waals surface area contributed by atoms with Crippen LogP contribution in [0.2, 0.25) is 0 Å². The number of pyridine rings is 1. The molecule has 27 heavy (non-hydrogen) atoms. The van der Waals surface area contributed by atoms with Crippen LogP contribution in [0.4, 0.5) is 5.69 Å². The van der Waals surface area contributed by atoms with E-state index in [1.807, 2.05) is 58.0 Å². The number of hydrogen-bond acceptors (Lipinski definition) is 5. The maximum Gasteiger partial charge on any atom is 0.150 e. The Morgan fingerprint density at radius 1 is 0.926 bits per heavy atom. The molecule has 0 saturated heterocycles. The number of aldehydes is 1. The molecular formula is C22H26N2O3. The second kappa shape index (κ2) is 9.57. The molecule has 0 aliphatic rings. The Kier molecular flexibility index (Phi) is 7.17. The third-order valence-corrected chi connectivity index (χ3v) is 3.46. The maximum atomic E-state index is 10.8. The zero-order chi connectivity index (χ0) is 19.8. The van der Waals surface area contributed by atoms with Crippen molar-refractivity contribution in [1.29, 1.82) is 0 Å². The van der Waals surface area contributed by atoms with Gasteiger partial charge in [-0.25, -0.2) is 0 Å². The molecule has 142 valence electrons. The minimum absolute atomic E-state index is 0.0776. The van der Waals surface area contributed by atoms with Crippen molar-refractivity contribution in [3.8, 4) is 11.5 Å². The number of carbonyl (C=O) groups is 1. The summed E-state index contributed by atoms with van der Waals surface area (Å²) in [4.78, 5) is 14.9. The molecule has 0 bridgehead atoms. The Morgan fingerprint density at radius 2 is 1.52 bits per heavy atom. The highest BCUT2D eigenvalue weighted by atomic mass is 16.5. The van der Waals surface area contributed by atoms with Gasteiger partial charge in [0.15, 0.2) is 0 Å². The van der Waals surface area contributed by atoms with Crippen molar-refractivity contribution in [1.82, 2.24) is 4.98 Å². The number of fused-ring (bicyclic) bond motifs is 1. The number of rotatable bonds is 5. The first-order chi connectivity index (χ1) is 12.9. The van der Waals surface area contributed by atoms with Crippen LogP contribution >= 0.6 is 0 Å². The van der Waals surface area contributed by atoms with Gasteiger partial charge in [-0.15, -0.1) is 0 Å². The molecule has 5 nitrogen and oxygen atoms in total. The van der Waals surface area contributed by atoms with Gasteiger partial charge in [0.25, 0.3) is 0 Å². The quantitative estimate of drug-likeness (QED) is 0.651. The maximum absolute atomic E-state index is 10.8. The van der Waals surface area contributed by atoms with Gasteiger partial charge < -0.3 is 15.2 Å². The van der Waals surface area contributed by atoms with E-state index in [1.54, 1.807) is 24.4 Å². The molecule has 1 heterocycles. The second-order valence-electron chi connectivity index (χ2n) is 6.61. The summed E-state index contributed by atoms with van der Waals surface area (Å²) in [7, 11) is 0. The van der Waals surface area contributed by atoms with E-state index in [2.05, 4.69) is 4.98 Å². The van der Waals surface area contributed by atoms with Crippen LogP contribution in [0.25, 0.3) is 10.9 Å². The molecule has 0 fully saturated rings. The fourth-order valence-corrected chi connectivity index (χ4v) is 2.46. The molecule has 0 aliphatic carbocycles. The lowest BCUT2D eigenvalue weighted by Gasteiger charge is -2.14. The molecule has 5 heteroatoms. The molecule has 0 atom stereocenters. The number of carbonyl (C=O) groups excluding carboxylic acids is 1. The Balaban J connectivity index is 0.000000206. The Hall–Kier alpha value is -3.08. The Bertz CT molecular complexity index is 858. The Labute approximate surface area is 160 Å². The van der Waals surface area contributed by atoms with Crippen molar-refractivity contribution >= 4 is 22.9 Å². The molecule has 0 amide bonds. The number of anilines is 1. The third-order valence-electron chi connectivity index (χ3n) is 3.46. The highest BCUT2D eigenvalue weighted by Crippen LogP contribution is 2.24. The van der Waals surface area contributed by atoms with Gasteiger partial charge in [0, 0.05) is 28.9 Å². The van der Waals surface area contributed by atoms with Gasteiger partial charge in [-0.05, 0) is 52.0 Å². The van der Waals surface area contributed by atoms with Crippen LogP contribution in [0.3, 0.4) is 0 Å². The zero-order valence-corrected chi connectivity index (χ0v) is 16.2. The van der Waals surface area contributed by atoms with Crippen molar-refractivity contribution in [2.75, 3.05) is 5.73 Å². The molecule has 3 aromatic rings. The fourth-order valence-electron chi connectivity index (χ4n) is 2.46. The topological polar surface area (TPSA) is 74.4 Å². The summed E-state index contributed by atoms with van der Waals surface area (Å²) >= 11 is 0. The van der Waals surface area contributed by atoms with Gasteiger partial charge in [0.1, 0.15) is 17.8 Å². The van der Waals surface area contributed by atoms with Crippen LogP contribution in [-0.4, -0.2) is 23.5 Å². The number of nitrogen functional groups attached to an aromatic ring is 1. The molecule has 0 saturated carbocycles. The smallest absolute Gasteiger partial charge is 0.150 e. The number of nitrogens with two attached hydrogens (primary N) is 1. The van der Waals surface area contributed by atoms with Gasteiger partial charge in [-0.3, -0.25) is 9.78 Å². The van der Waals surface area contributed by atoms with Crippen LogP contribution in [0.1, 0.15) is 38.1 Å². The summed E-state index contributed by atoms with van der Waals surface area (Å²) in [5.74, 6) is 1.32. The monoisotopic (exact) mass is 366 g/mol. The minimum atomic E-state index is 0.0776. The second-order valence-corrected chi connectivity index (χ2v) is 6.61. The van der Waals surface area contributed by atoms with E-state index in [9.17, 15) is 4.79 Å². The van der Waals surface area contributed by atoms with Crippen molar-refractivity contribution in [3.05, 3.63) is 60.3 Å². The lowest BCUT2D eigenvalue weighted by Crippen LogP contribution is -2.08. The van der Waals surface area contributed by atoms with E-state index in [0.29, 0.717) is 17.1 Å². The first-order valence-corrected chi connectivity index (χ1v) is 8.92. The molecular weight excluding hydrogens is 340 g/mol. The Morgan fingerprint density at radius 3 is 2.04 bits per heavy atom. The van der Waals surface area contributed by atoms with Crippen LogP contribution in [-0.2, 0) is 0 Å². The normalized spacial score (nSPS) is 10.4. The van der Waals surface area contributed by atoms with Crippen LogP contribution in [0, 0.1) is 0 Å². The van der Waals surface area contributed by atoms with Gasteiger partial charge in [0.2, 0.25) is 0 Å². The van der Waals surface area contributed by atoms with Crippen molar-refractivity contribution < 1.29 is 14.3 Å². The number of para-hydroxylation sites is 1. The number of nitrogens with zero attached hydrogens (tertiary/aromatic N) is 1. The van der Waals surface area contributed by atoms with Gasteiger partial charge in [-0.2, -0.15) is 0 Å². The molecule has 0 aliphatic heterocycles. The molecule has 0 unspecified atom stereocenters. The van der Waals surface area contributed by atoms with E-state index < -0.39 is 0 Å². The number of aromatic nitrogens is 1. The first kappa shape index (κ1) is 20.2. The van der Waals surface area contributed by atoms with E-state index in [1.165, 1.54) is 0 Å². The van der Waals surface area contributed by atoms with Crippen LogP contribution < -0.4 is 15.2 Å². The van der Waals surface area contributed by atoms with Crippen LogP contribution in [0.15, 0.2) is 54.7 Å². The van der Waals surface area contributed by atoms with Crippen LogP contribution in [0.5, 0.6) is 11.5 Å². The number of ether oxygens (including phenoxy) is 2. The molecule has 1 aromatic heterocycles. The summed E-state index contributed by atoms with van der Waals surface area (Å²) in [6, 6.07) is 14.9. The number of hydrogen-bond donors (Lipinski definition) is 1. The highest BCUT2D eigenvalue weighted by molar-refractivity contribution is 5.89. The van der Waals surface area contributed by atoms with Crippen molar-refractivity contribution in [3.63, 3.8) is 0 Å². The lowest BCUT2D eigenvalue weighted by atomic mass is 10.2. The molecule has 2 aromatic carbocycles. The minimum Gasteiger partial charge on any atom is -0.491 e. The average Bonchev–Trinajstić information content (AvgIpc) is 2.61. The molecule has 3 rings (SSSR count). The van der Waals surface area contributed by atoms with Crippen molar-refractivity contribution in [2.24, 2.45) is 0 Å². The molecule has 0 radical (unpaired) electrons. The van der Waals surface area contributed by atoms with E-state index in [0.717, 1.165) is 22.9 Å². The summed E-state index contributed by atoms with van der Waals surface area (Å²) in [5.41, 5.74) is 8.02. The molecule has 2 N–H and O–H groups in total. The average molecular weight is 366 g/mol. The summed E-state index contributed by atoms with van der Waals surface area (Å²) < 4.78 is 11.1. The highest BCUT2D eigenvalue weighted by Gasteiger charge is 2.05. The van der Waals surface area contributed by atoms with Gasteiger partial charge in [-0.1, -0.05) is 18.2 Å². The van der Waals surface area contributed by atoms with E-state index in [4.69, 9.17) is 15.2 Å². The zero-order valence-electron chi connectivity index (χ0n) is 16.2. The predicted molar refractivity (Wildman–Crippen MR) is 110 cm³/mol. The van der Waals surface area contributed by atoms with Crippen molar-refractivity contribution in [2.45, 2.75) is 39.9 Å². The summed E-state index contributed by atoms with van der Waals surface area (Å²) in [6.07, 6.45) is 2.67. The SMILES string of the molecule is CC(C)Oc1cc(C=O)cc(OC(C)C)c1.Nc1ccnc2ccccc12. The van der Waals surface area contributed by atoms with Gasteiger partial charge >= 0.3 is 0 Å². The lowest BCUT2D eigenvalue weighted by molar-refractivity contribution is 0.112. The predicted octanol–water partition coefficient (Wildman–Crippen LogP) is 4.89. The standard InChI is InChI=1S/C13H18O3.C9H8N2/c1-9(2)15-12-5-11(8-14)6-13(7-12)16-10(3)4;10-8-5-6-11-9-4-2-1-3-7(8)9/h5-10H,1-4H3;1-6H,(H2,10,11). The summed E-state index contributed by atoms with van der Waals surface area (Å²) in [6.45, 7) is 7.76. The largest absolute Gasteiger partial charge is 0.491 e. The first-order valence-electron chi connectivity index (χ1n) is 8.92. The fraction of sp³-hybridized carbons (Fsp3) is 0.273.